The van der Waals surface area contributed by atoms with E-state index in [1.807, 2.05) is 12.1 Å². The van der Waals surface area contributed by atoms with Crippen LogP contribution in [0, 0.1) is 0 Å². The summed E-state index contributed by atoms with van der Waals surface area (Å²) < 4.78 is 5.51. The van der Waals surface area contributed by atoms with E-state index in [0.29, 0.717) is 17.9 Å². The van der Waals surface area contributed by atoms with E-state index < -0.39 is 5.97 Å². The quantitative estimate of drug-likeness (QED) is 0.762. The number of carbonyl (C=O) groups is 1. The van der Waals surface area contributed by atoms with Crippen LogP contribution < -0.4 is 4.74 Å². The Morgan fingerprint density at radius 3 is 2.80 bits per heavy atom. The van der Waals surface area contributed by atoms with Gasteiger partial charge in [0.1, 0.15) is 11.3 Å². The van der Waals surface area contributed by atoms with Crippen molar-refractivity contribution in [1.82, 2.24) is 0 Å². The molecule has 0 unspecified atom stereocenters. The minimum Gasteiger partial charge on any atom is -0.492 e. The number of hydrogen-bond donors (Lipinski definition) is 1. The minimum absolute atomic E-state index is 0.249. The maximum atomic E-state index is 11.0. The third kappa shape index (κ3) is 1.16. The highest BCUT2D eigenvalue weighted by Crippen LogP contribution is 2.56. The molecule has 1 aromatic rings. The van der Waals surface area contributed by atoms with Crippen molar-refractivity contribution in [3.05, 3.63) is 29.3 Å². The van der Waals surface area contributed by atoms with Crippen LogP contribution in [0.4, 0.5) is 0 Å². The topological polar surface area (TPSA) is 46.5 Å². The van der Waals surface area contributed by atoms with E-state index in [9.17, 15) is 4.79 Å². The average molecular weight is 204 g/mol. The van der Waals surface area contributed by atoms with E-state index in [0.717, 1.165) is 12.0 Å². The van der Waals surface area contributed by atoms with Crippen molar-refractivity contribution in [1.29, 1.82) is 0 Å². The third-order valence-electron chi connectivity index (χ3n) is 3.50. The van der Waals surface area contributed by atoms with Crippen molar-refractivity contribution in [3.8, 4) is 5.75 Å². The van der Waals surface area contributed by atoms with E-state index in [2.05, 4.69) is 0 Å². The molecule has 78 valence electrons. The van der Waals surface area contributed by atoms with Crippen molar-refractivity contribution >= 4 is 5.97 Å². The summed E-state index contributed by atoms with van der Waals surface area (Å²) in [6, 6.07) is 5.44. The Hall–Kier alpha value is -1.51. The number of aromatic carboxylic acids is 1. The SMILES string of the molecule is O=C(O)c1cccc2c1OCCC21CC1. The zero-order valence-electron chi connectivity index (χ0n) is 8.32. The molecule has 1 aromatic carbocycles. The molecule has 1 fully saturated rings. The number of hydrogen-bond acceptors (Lipinski definition) is 2. The Morgan fingerprint density at radius 2 is 2.13 bits per heavy atom. The molecule has 0 radical (unpaired) electrons. The number of carboxylic acids is 1. The fraction of sp³-hybridized carbons (Fsp3) is 0.417. The van der Waals surface area contributed by atoms with Crippen molar-refractivity contribution in [3.63, 3.8) is 0 Å². The fourth-order valence-corrected chi connectivity index (χ4v) is 2.43. The predicted molar refractivity (Wildman–Crippen MR) is 54.4 cm³/mol. The second kappa shape index (κ2) is 2.75. The molecule has 1 heterocycles. The Kier molecular flexibility index (Phi) is 1.61. The molecule has 0 saturated heterocycles. The van der Waals surface area contributed by atoms with Gasteiger partial charge in [-0.25, -0.2) is 4.79 Å². The first kappa shape index (κ1) is 8.77. The van der Waals surface area contributed by atoms with Crippen LogP contribution in [-0.2, 0) is 5.41 Å². The minimum atomic E-state index is -0.899. The molecule has 0 atom stereocenters. The van der Waals surface area contributed by atoms with Crippen molar-refractivity contribution in [2.75, 3.05) is 6.61 Å². The second-order valence-corrected chi connectivity index (χ2v) is 4.37. The van der Waals surface area contributed by atoms with Crippen LogP contribution in [-0.4, -0.2) is 17.7 Å². The Morgan fingerprint density at radius 1 is 1.33 bits per heavy atom. The molecule has 1 spiro atoms. The van der Waals surface area contributed by atoms with Gasteiger partial charge in [-0.2, -0.15) is 0 Å². The monoisotopic (exact) mass is 204 g/mol. The second-order valence-electron chi connectivity index (χ2n) is 4.37. The van der Waals surface area contributed by atoms with Crippen LogP contribution in [0.5, 0.6) is 5.75 Å². The Bertz CT molecular complexity index is 432. The number of ether oxygens (including phenoxy) is 1. The van der Waals surface area contributed by atoms with Gasteiger partial charge in [0.25, 0.3) is 0 Å². The van der Waals surface area contributed by atoms with E-state index in [1.165, 1.54) is 12.8 Å². The summed E-state index contributed by atoms with van der Waals surface area (Å²) in [5, 5.41) is 9.05. The van der Waals surface area contributed by atoms with Crippen LogP contribution in [0.15, 0.2) is 18.2 Å². The fourth-order valence-electron chi connectivity index (χ4n) is 2.43. The molecule has 1 saturated carbocycles. The number of fused-ring (bicyclic) bond motifs is 2. The number of benzene rings is 1. The largest absolute Gasteiger partial charge is 0.492 e. The first-order chi connectivity index (χ1) is 7.23. The zero-order valence-corrected chi connectivity index (χ0v) is 8.32. The van der Waals surface area contributed by atoms with Crippen molar-refractivity contribution in [2.24, 2.45) is 0 Å². The first-order valence-corrected chi connectivity index (χ1v) is 5.23. The van der Waals surface area contributed by atoms with Gasteiger partial charge in [-0.05, 0) is 25.3 Å². The summed E-state index contributed by atoms with van der Waals surface area (Å²) in [5.41, 5.74) is 1.66. The third-order valence-corrected chi connectivity index (χ3v) is 3.50. The molecular formula is C12H12O3. The smallest absolute Gasteiger partial charge is 0.339 e. The lowest BCUT2D eigenvalue weighted by atomic mass is 9.88. The maximum absolute atomic E-state index is 11.0. The Balaban J connectivity index is 2.18. The predicted octanol–water partition coefficient (Wildman–Crippen LogP) is 2.20. The molecule has 15 heavy (non-hydrogen) atoms. The lowest BCUT2D eigenvalue weighted by molar-refractivity contribution is 0.0690. The Labute approximate surface area is 87.7 Å². The van der Waals surface area contributed by atoms with Gasteiger partial charge in [0, 0.05) is 11.0 Å². The van der Waals surface area contributed by atoms with Gasteiger partial charge >= 0.3 is 5.97 Å². The van der Waals surface area contributed by atoms with Gasteiger partial charge in [0.15, 0.2) is 0 Å². The standard InChI is InChI=1S/C12H12O3/c13-11(14)8-2-1-3-9-10(8)15-7-6-12(9)4-5-12/h1-3H,4-7H2,(H,13,14). The van der Waals surface area contributed by atoms with Gasteiger partial charge in [-0.1, -0.05) is 12.1 Å². The van der Waals surface area contributed by atoms with E-state index in [1.54, 1.807) is 6.07 Å². The summed E-state index contributed by atoms with van der Waals surface area (Å²) in [4.78, 5) is 11.0. The van der Waals surface area contributed by atoms with Crippen LogP contribution in [0.25, 0.3) is 0 Å². The molecule has 1 aliphatic heterocycles. The van der Waals surface area contributed by atoms with Crippen molar-refractivity contribution in [2.45, 2.75) is 24.7 Å². The summed E-state index contributed by atoms with van der Waals surface area (Å²) in [7, 11) is 0. The number of para-hydroxylation sites is 1. The normalized spacial score (nSPS) is 20.5. The highest BCUT2D eigenvalue weighted by molar-refractivity contribution is 5.91. The molecule has 3 heteroatoms. The molecule has 0 aromatic heterocycles. The first-order valence-electron chi connectivity index (χ1n) is 5.23. The molecule has 2 aliphatic rings. The van der Waals surface area contributed by atoms with Crippen LogP contribution >= 0.6 is 0 Å². The highest BCUT2D eigenvalue weighted by atomic mass is 16.5. The highest BCUT2D eigenvalue weighted by Gasteiger charge is 2.48. The molecule has 3 nitrogen and oxygen atoms in total. The molecule has 1 N–H and O–H groups in total. The van der Waals surface area contributed by atoms with Crippen LogP contribution in [0.3, 0.4) is 0 Å². The van der Waals surface area contributed by atoms with Gasteiger partial charge in [-0.15, -0.1) is 0 Å². The molecule has 3 rings (SSSR count). The molecular weight excluding hydrogens is 192 g/mol. The molecule has 1 aliphatic carbocycles. The summed E-state index contributed by atoms with van der Waals surface area (Å²) >= 11 is 0. The zero-order chi connectivity index (χ0) is 10.5. The van der Waals surface area contributed by atoms with Gasteiger partial charge in [-0.3, -0.25) is 0 Å². The lowest BCUT2D eigenvalue weighted by Crippen LogP contribution is -2.21. The van der Waals surface area contributed by atoms with E-state index in [4.69, 9.17) is 9.84 Å². The van der Waals surface area contributed by atoms with Crippen LogP contribution in [0.2, 0.25) is 0 Å². The number of rotatable bonds is 1. The van der Waals surface area contributed by atoms with E-state index in [-0.39, 0.29) is 5.41 Å². The number of carboxylic acid groups (broad SMARTS) is 1. The molecule has 0 bridgehead atoms. The summed E-state index contributed by atoms with van der Waals surface area (Å²) in [5.74, 6) is -0.293. The maximum Gasteiger partial charge on any atom is 0.339 e. The van der Waals surface area contributed by atoms with Crippen LogP contribution in [0.1, 0.15) is 35.2 Å². The van der Waals surface area contributed by atoms with Gasteiger partial charge in [0.2, 0.25) is 0 Å². The van der Waals surface area contributed by atoms with Crippen molar-refractivity contribution < 1.29 is 14.6 Å². The average Bonchev–Trinajstić information content (AvgIpc) is 2.98. The molecule has 0 amide bonds. The van der Waals surface area contributed by atoms with Gasteiger partial charge < -0.3 is 9.84 Å². The van der Waals surface area contributed by atoms with Gasteiger partial charge in [0.05, 0.1) is 6.61 Å². The summed E-state index contributed by atoms with van der Waals surface area (Å²) in [6.45, 7) is 0.650. The summed E-state index contributed by atoms with van der Waals surface area (Å²) in [6.07, 6.45) is 3.38. The van der Waals surface area contributed by atoms with E-state index >= 15 is 0 Å². The lowest BCUT2D eigenvalue weighted by Gasteiger charge is -2.26.